The highest BCUT2D eigenvalue weighted by molar-refractivity contribution is 5.91. The Morgan fingerprint density at radius 3 is 2.58 bits per heavy atom. The third-order valence-corrected chi connectivity index (χ3v) is 6.27. The second kappa shape index (κ2) is 9.39. The fourth-order valence-corrected chi connectivity index (χ4v) is 4.80. The molecule has 26 heavy (non-hydrogen) atoms. The van der Waals surface area contributed by atoms with Crippen LogP contribution in [0, 0.1) is 0 Å². The van der Waals surface area contributed by atoms with Gasteiger partial charge in [-0.2, -0.15) is 0 Å². The van der Waals surface area contributed by atoms with Crippen molar-refractivity contribution in [2.24, 2.45) is 0 Å². The van der Waals surface area contributed by atoms with Crippen LogP contribution >= 0.6 is 0 Å². The molecular formula is C24H37N2+. The van der Waals surface area contributed by atoms with Gasteiger partial charge in [-0.3, -0.25) is 0 Å². The molecule has 0 bridgehead atoms. The van der Waals surface area contributed by atoms with Crippen molar-refractivity contribution in [3.63, 3.8) is 0 Å². The van der Waals surface area contributed by atoms with Crippen molar-refractivity contribution >= 4 is 5.71 Å². The van der Waals surface area contributed by atoms with Gasteiger partial charge in [0.25, 0.3) is 0 Å². The highest BCUT2D eigenvalue weighted by Crippen LogP contribution is 2.33. The van der Waals surface area contributed by atoms with Crippen LogP contribution in [0.5, 0.6) is 0 Å². The van der Waals surface area contributed by atoms with E-state index in [1.165, 1.54) is 58.0 Å². The maximum atomic E-state index is 2.53. The minimum atomic E-state index is 1.14. The quantitative estimate of drug-likeness (QED) is 0.561. The maximum Gasteiger partial charge on any atom is 0.176 e. The van der Waals surface area contributed by atoms with Crippen LogP contribution in [-0.2, 0) is 0 Å². The van der Waals surface area contributed by atoms with Crippen molar-refractivity contribution < 1.29 is 4.58 Å². The average Bonchev–Trinajstić information content (AvgIpc) is 3.32. The molecule has 2 aliphatic heterocycles. The van der Waals surface area contributed by atoms with Gasteiger partial charge >= 0.3 is 0 Å². The number of hydrogen-bond acceptors (Lipinski definition) is 1. The smallest absolute Gasteiger partial charge is 0.176 e. The van der Waals surface area contributed by atoms with Gasteiger partial charge in [-0.15, -0.1) is 0 Å². The Morgan fingerprint density at radius 2 is 1.81 bits per heavy atom. The topological polar surface area (TPSA) is 6.25 Å². The fraction of sp³-hybridized carbons (Fsp3) is 0.625. The molecule has 0 saturated carbocycles. The summed E-state index contributed by atoms with van der Waals surface area (Å²) in [6, 6.07) is 0. The predicted octanol–water partition coefficient (Wildman–Crippen LogP) is 5.63. The first-order chi connectivity index (χ1) is 12.8. The zero-order chi connectivity index (χ0) is 18.4. The lowest BCUT2D eigenvalue weighted by Gasteiger charge is -2.21. The first kappa shape index (κ1) is 19.2. The fourth-order valence-electron chi connectivity index (χ4n) is 4.80. The van der Waals surface area contributed by atoms with Gasteiger partial charge in [0.2, 0.25) is 0 Å². The van der Waals surface area contributed by atoms with Crippen molar-refractivity contribution in [3.8, 4) is 0 Å². The van der Waals surface area contributed by atoms with Crippen LogP contribution in [-0.4, -0.2) is 41.4 Å². The van der Waals surface area contributed by atoms with E-state index >= 15 is 0 Å². The van der Waals surface area contributed by atoms with Crippen molar-refractivity contribution in [1.29, 1.82) is 0 Å². The van der Waals surface area contributed by atoms with Crippen LogP contribution in [0.3, 0.4) is 0 Å². The molecule has 142 valence electrons. The van der Waals surface area contributed by atoms with Crippen molar-refractivity contribution in [1.82, 2.24) is 4.90 Å². The number of allylic oxidation sites excluding steroid dienone is 8. The van der Waals surface area contributed by atoms with E-state index in [9.17, 15) is 0 Å². The Hall–Kier alpha value is -1.57. The third-order valence-electron chi connectivity index (χ3n) is 6.27. The summed E-state index contributed by atoms with van der Waals surface area (Å²) in [4.78, 5) is 2.53. The van der Waals surface area contributed by atoms with Gasteiger partial charge in [-0.1, -0.05) is 19.1 Å². The number of likely N-dealkylation sites (tertiary alicyclic amines) is 1. The highest BCUT2D eigenvalue weighted by atomic mass is 15.1. The minimum absolute atomic E-state index is 1.14. The van der Waals surface area contributed by atoms with Gasteiger partial charge in [0, 0.05) is 37.7 Å². The monoisotopic (exact) mass is 353 g/mol. The molecule has 2 heterocycles. The Labute approximate surface area is 160 Å². The summed E-state index contributed by atoms with van der Waals surface area (Å²) in [5.74, 6) is 0. The van der Waals surface area contributed by atoms with Gasteiger partial charge in [0.1, 0.15) is 13.1 Å². The summed E-state index contributed by atoms with van der Waals surface area (Å²) in [7, 11) is 0. The standard InChI is InChI=1S/C24H37N2/c1-4-24-20(14-16-22-12-8-18-25(22)5-2)10-7-11-21(24)15-17-23-13-9-19-26(23)6-3/h14-17H,4-13,18-19H2,1-3H3/q+1. The number of hydrogen-bond donors (Lipinski definition) is 0. The lowest BCUT2D eigenvalue weighted by Crippen LogP contribution is -2.16. The first-order valence-electron chi connectivity index (χ1n) is 10.9. The van der Waals surface area contributed by atoms with E-state index in [-0.39, 0.29) is 0 Å². The molecule has 0 N–H and O–H groups in total. The molecule has 0 atom stereocenters. The summed E-state index contributed by atoms with van der Waals surface area (Å²) in [6.07, 6.45) is 19.8. The lowest BCUT2D eigenvalue weighted by molar-refractivity contribution is -0.515. The van der Waals surface area contributed by atoms with E-state index in [1.54, 1.807) is 28.1 Å². The molecule has 0 unspecified atom stereocenters. The Kier molecular flexibility index (Phi) is 6.93. The lowest BCUT2D eigenvalue weighted by atomic mass is 9.85. The van der Waals surface area contributed by atoms with Crippen molar-refractivity contribution in [2.45, 2.75) is 72.1 Å². The molecule has 0 aromatic carbocycles. The Bertz CT molecular complexity index is 658. The molecule has 3 rings (SSSR count). The van der Waals surface area contributed by atoms with Gasteiger partial charge < -0.3 is 4.90 Å². The summed E-state index contributed by atoms with van der Waals surface area (Å²) in [6.45, 7) is 11.6. The predicted molar refractivity (Wildman–Crippen MR) is 113 cm³/mol. The second-order valence-electron chi connectivity index (χ2n) is 7.75. The summed E-state index contributed by atoms with van der Waals surface area (Å²) >= 11 is 0. The highest BCUT2D eigenvalue weighted by Gasteiger charge is 2.19. The molecule has 1 fully saturated rings. The molecule has 0 aromatic rings. The molecule has 0 spiro atoms. The zero-order valence-electron chi connectivity index (χ0n) is 17.2. The summed E-state index contributed by atoms with van der Waals surface area (Å²) < 4.78 is 2.53. The minimum Gasteiger partial charge on any atom is -0.375 e. The van der Waals surface area contributed by atoms with E-state index in [0.717, 1.165) is 19.5 Å². The molecular weight excluding hydrogens is 316 g/mol. The molecule has 0 amide bonds. The third kappa shape index (κ3) is 4.39. The first-order valence-corrected chi connectivity index (χ1v) is 10.9. The van der Waals surface area contributed by atoms with E-state index in [2.05, 4.69) is 54.6 Å². The van der Waals surface area contributed by atoms with E-state index in [0.29, 0.717) is 0 Å². The van der Waals surface area contributed by atoms with Crippen LogP contribution in [0.2, 0.25) is 0 Å². The molecule has 0 aromatic heterocycles. The van der Waals surface area contributed by atoms with E-state index in [4.69, 9.17) is 0 Å². The number of nitrogens with zero attached hydrogens (tertiary/aromatic N) is 2. The molecule has 1 aliphatic carbocycles. The number of rotatable bonds is 6. The molecule has 2 nitrogen and oxygen atoms in total. The van der Waals surface area contributed by atoms with Crippen LogP contribution in [0.4, 0.5) is 0 Å². The SMILES string of the molecule is CCC1=C(/C=C/C2=[N+](CC)CCC2)CCCC1=C/C=C1\CCCN1CC. The van der Waals surface area contributed by atoms with Gasteiger partial charge in [0.05, 0.1) is 0 Å². The summed E-state index contributed by atoms with van der Waals surface area (Å²) in [5.41, 5.74) is 7.85. The van der Waals surface area contributed by atoms with E-state index < -0.39 is 0 Å². The molecule has 2 heteroatoms. The van der Waals surface area contributed by atoms with Crippen molar-refractivity contribution in [2.75, 3.05) is 26.2 Å². The van der Waals surface area contributed by atoms with E-state index in [1.807, 2.05) is 0 Å². The molecule has 3 aliphatic rings. The largest absolute Gasteiger partial charge is 0.375 e. The second-order valence-corrected chi connectivity index (χ2v) is 7.75. The molecule has 0 radical (unpaired) electrons. The van der Waals surface area contributed by atoms with Crippen LogP contribution in [0.25, 0.3) is 0 Å². The van der Waals surface area contributed by atoms with Gasteiger partial charge in [-0.05, 0) is 75.2 Å². The zero-order valence-corrected chi connectivity index (χ0v) is 17.2. The van der Waals surface area contributed by atoms with Crippen LogP contribution in [0.1, 0.15) is 72.1 Å². The maximum absolute atomic E-state index is 2.53. The van der Waals surface area contributed by atoms with Gasteiger partial charge in [-0.25, -0.2) is 4.58 Å². The normalized spacial score (nSPS) is 25.0. The summed E-state index contributed by atoms with van der Waals surface area (Å²) in [5, 5.41) is 0. The Morgan fingerprint density at radius 1 is 0.923 bits per heavy atom. The van der Waals surface area contributed by atoms with Crippen LogP contribution in [0.15, 0.2) is 46.7 Å². The molecule has 1 saturated heterocycles. The van der Waals surface area contributed by atoms with Crippen molar-refractivity contribution in [3.05, 3.63) is 46.7 Å². The Balaban J connectivity index is 1.82. The van der Waals surface area contributed by atoms with Gasteiger partial charge in [0.15, 0.2) is 5.71 Å². The van der Waals surface area contributed by atoms with Crippen LogP contribution < -0.4 is 0 Å². The average molecular weight is 354 g/mol.